The van der Waals surface area contributed by atoms with Crippen LogP contribution in [0.5, 0.6) is 0 Å². The normalized spacial score (nSPS) is 9.18. The molecule has 3 nitrogen and oxygen atoms in total. The molecule has 0 aliphatic carbocycles. The van der Waals surface area contributed by atoms with Gasteiger partial charge < -0.3 is 10.0 Å². The summed E-state index contributed by atoms with van der Waals surface area (Å²) in [6.07, 6.45) is 0. The van der Waals surface area contributed by atoms with Crippen LogP contribution in [0.15, 0.2) is 24.3 Å². The number of hydrogen-bond donors (Lipinski definition) is 1. The summed E-state index contributed by atoms with van der Waals surface area (Å²) >= 11 is 4.85. The molecule has 1 aromatic rings. The highest BCUT2D eigenvalue weighted by Gasteiger charge is 2.03. The molecule has 1 rings (SSSR count). The first-order valence-corrected chi connectivity index (χ1v) is 3.23. The predicted molar refractivity (Wildman–Crippen MR) is 42.1 cm³/mol. The molecule has 0 aliphatic heterocycles. The fraction of sp³-hybridized carbons (Fsp3) is 0. The van der Waals surface area contributed by atoms with Gasteiger partial charge in [0.25, 0.3) is 0 Å². The van der Waals surface area contributed by atoms with Crippen molar-refractivity contribution in [3.63, 3.8) is 0 Å². The van der Waals surface area contributed by atoms with Crippen molar-refractivity contribution in [2.45, 2.75) is 0 Å². The Morgan fingerprint density at radius 1 is 1.36 bits per heavy atom. The molecule has 11 heavy (non-hydrogen) atoms. The molecule has 0 fully saturated rings. The molecular formula is C7H6ClNO2. The molecule has 0 atom stereocenters. The van der Waals surface area contributed by atoms with E-state index in [9.17, 15) is 4.79 Å². The number of nitrogen functional groups attached to an aromatic ring is 1. The predicted octanol–water partition coefficient (Wildman–Crippen LogP) is 1.58. The van der Waals surface area contributed by atoms with Gasteiger partial charge in [0.15, 0.2) is 0 Å². The van der Waals surface area contributed by atoms with E-state index in [1.807, 2.05) is 0 Å². The molecule has 0 heterocycles. The lowest BCUT2D eigenvalue weighted by Crippen LogP contribution is -1.97. The molecule has 2 N–H and O–H groups in total. The Labute approximate surface area is 68.9 Å². The van der Waals surface area contributed by atoms with Crippen LogP contribution in [0.2, 0.25) is 0 Å². The Hall–Kier alpha value is -1.22. The SMILES string of the molecule is Nc1ccc(C(=O)OCl)cc1. The highest BCUT2D eigenvalue weighted by molar-refractivity contribution is 6.15. The molecular weight excluding hydrogens is 166 g/mol. The molecule has 0 saturated carbocycles. The Morgan fingerprint density at radius 2 is 1.91 bits per heavy atom. The molecule has 0 aliphatic rings. The Morgan fingerprint density at radius 3 is 2.36 bits per heavy atom. The van der Waals surface area contributed by atoms with Gasteiger partial charge in [0.05, 0.1) is 5.56 Å². The number of hydrogen-bond acceptors (Lipinski definition) is 3. The van der Waals surface area contributed by atoms with E-state index in [-0.39, 0.29) is 0 Å². The average Bonchev–Trinajstić information content (AvgIpc) is 2.05. The molecule has 0 saturated heterocycles. The van der Waals surface area contributed by atoms with E-state index >= 15 is 0 Å². The number of halogens is 1. The fourth-order valence-corrected chi connectivity index (χ4v) is 0.753. The highest BCUT2D eigenvalue weighted by Crippen LogP contribution is 2.07. The first kappa shape index (κ1) is 7.88. The first-order valence-electron chi connectivity index (χ1n) is 2.92. The zero-order valence-electron chi connectivity index (χ0n) is 5.58. The van der Waals surface area contributed by atoms with Crippen LogP contribution in [0.4, 0.5) is 5.69 Å². The maximum Gasteiger partial charge on any atom is 0.356 e. The lowest BCUT2D eigenvalue weighted by atomic mass is 10.2. The average molecular weight is 172 g/mol. The number of nitrogens with two attached hydrogens (primary N) is 1. The Bertz CT molecular complexity index is 258. The molecule has 58 valence electrons. The summed E-state index contributed by atoms with van der Waals surface area (Å²) in [5.74, 6) is -0.577. The zero-order valence-corrected chi connectivity index (χ0v) is 6.34. The molecule has 4 heteroatoms. The standard InChI is InChI=1S/C7H6ClNO2/c8-11-7(10)5-1-3-6(9)4-2-5/h1-4H,9H2. The maximum absolute atomic E-state index is 10.7. The summed E-state index contributed by atoms with van der Waals surface area (Å²) in [6.45, 7) is 0. The summed E-state index contributed by atoms with van der Waals surface area (Å²) in [5.41, 5.74) is 6.36. The van der Waals surface area contributed by atoms with E-state index in [1.165, 1.54) is 0 Å². The third kappa shape index (κ3) is 1.85. The van der Waals surface area contributed by atoms with Crippen molar-refractivity contribution in [2.24, 2.45) is 0 Å². The monoisotopic (exact) mass is 171 g/mol. The van der Waals surface area contributed by atoms with Crippen LogP contribution in [-0.4, -0.2) is 5.97 Å². The van der Waals surface area contributed by atoms with Crippen LogP contribution in [0.3, 0.4) is 0 Å². The van der Waals surface area contributed by atoms with Gasteiger partial charge in [-0.3, -0.25) is 0 Å². The molecule has 0 radical (unpaired) electrons. The van der Waals surface area contributed by atoms with Gasteiger partial charge in [-0.05, 0) is 24.3 Å². The van der Waals surface area contributed by atoms with E-state index in [4.69, 9.17) is 17.6 Å². The molecule has 0 amide bonds. The minimum atomic E-state index is -0.577. The second-order valence-corrected chi connectivity index (χ2v) is 2.14. The van der Waals surface area contributed by atoms with Crippen LogP contribution in [0, 0.1) is 0 Å². The van der Waals surface area contributed by atoms with Crippen molar-refractivity contribution in [3.05, 3.63) is 29.8 Å². The zero-order chi connectivity index (χ0) is 8.27. The van der Waals surface area contributed by atoms with Gasteiger partial charge in [-0.25, -0.2) is 4.79 Å². The van der Waals surface area contributed by atoms with E-state index in [0.717, 1.165) is 0 Å². The molecule has 0 bridgehead atoms. The largest absolute Gasteiger partial charge is 0.399 e. The van der Waals surface area contributed by atoms with E-state index in [1.54, 1.807) is 24.3 Å². The summed E-state index contributed by atoms with van der Waals surface area (Å²) in [7, 11) is 0. The molecule has 1 aromatic carbocycles. The van der Waals surface area contributed by atoms with Crippen LogP contribution in [0.25, 0.3) is 0 Å². The van der Waals surface area contributed by atoms with Crippen LogP contribution in [-0.2, 0) is 4.29 Å². The van der Waals surface area contributed by atoms with Crippen LogP contribution < -0.4 is 5.73 Å². The van der Waals surface area contributed by atoms with E-state index in [2.05, 4.69) is 4.29 Å². The van der Waals surface area contributed by atoms with Crippen molar-refractivity contribution in [1.82, 2.24) is 0 Å². The summed E-state index contributed by atoms with van der Waals surface area (Å²) in [6, 6.07) is 6.28. The quantitative estimate of drug-likeness (QED) is 0.653. The van der Waals surface area contributed by atoms with Gasteiger partial charge in [0.1, 0.15) is 11.9 Å². The number of carbonyl (C=O) groups excluding carboxylic acids is 1. The minimum absolute atomic E-state index is 0.384. The second-order valence-electron chi connectivity index (χ2n) is 1.99. The van der Waals surface area contributed by atoms with Crippen molar-refractivity contribution >= 4 is 23.5 Å². The molecule has 0 aromatic heterocycles. The van der Waals surface area contributed by atoms with Crippen LogP contribution in [0.1, 0.15) is 10.4 Å². The van der Waals surface area contributed by atoms with Crippen molar-refractivity contribution in [1.29, 1.82) is 0 Å². The second kappa shape index (κ2) is 3.25. The van der Waals surface area contributed by atoms with Crippen molar-refractivity contribution in [2.75, 3.05) is 5.73 Å². The van der Waals surface area contributed by atoms with Crippen molar-refractivity contribution in [3.8, 4) is 0 Å². The molecule has 0 spiro atoms. The summed E-state index contributed by atoms with van der Waals surface area (Å²) in [5, 5.41) is 0. The lowest BCUT2D eigenvalue weighted by molar-refractivity contribution is 0.0751. The number of anilines is 1. The van der Waals surface area contributed by atoms with Gasteiger partial charge in [-0.2, -0.15) is 0 Å². The third-order valence-corrected chi connectivity index (χ3v) is 1.36. The van der Waals surface area contributed by atoms with E-state index in [0.29, 0.717) is 11.3 Å². The number of carbonyl (C=O) groups is 1. The smallest absolute Gasteiger partial charge is 0.356 e. The van der Waals surface area contributed by atoms with Gasteiger partial charge in [0, 0.05) is 5.69 Å². The first-order chi connectivity index (χ1) is 5.24. The van der Waals surface area contributed by atoms with E-state index < -0.39 is 5.97 Å². The Balaban J connectivity index is 2.90. The number of benzene rings is 1. The summed E-state index contributed by atoms with van der Waals surface area (Å²) in [4.78, 5) is 10.7. The topological polar surface area (TPSA) is 52.3 Å². The fourth-order valence-electron chi connectivity index (χ4n) is 0.664. The lowest BCUT2D eigenvalue weighted by Gasteiger charge is -1.95. The van der Waals surface area contributed by atoms with Crippen LogP contribution >= 0.6 is 11.9 Å². The summed E-state index contributed by atoms with van der Waals surface area (Å²) < 4.78 is 3.97. The Kier molecular flexibility index (Phi) is 2.33. The minimum Gasteiger partial charge on any atom is -0.399 e. The highest BCUT2D eigenvalue weighted by atomic mass is 35.5. The molecule has 0 unspecified atom stereocenters. The van der Waals surface area contributed by atoms with Gasteiger partial charge in [-0.15, -0.1) is 0 Å². The van der Waals surface area contributed by atoms with Crippen molar-refractivity contribution < 1.29 is 9.08 Å². The maximum atomic E-state index is 10.7. The van der Waals surface area contributed by atoms with Gasteiger partial charge >= 0.3 is 5.97 Å². The third-order valence-electron chi connectivity index (χ3n) is 1.22. The van der Waals surface area contributed by atoms with Gasteiger partial charge in [0.2, 0.25) is 0 Å². The number of rotatable bonds is 1. The van der Waals surface area contributed by atoms with Gasteiger partial charge in [-0.1, -0.05) is 0 Å².